The Hall–Kier alpha value is -2.34. The van der Waals surface area contributed by atoms with E-state index in [0.717, 1.165) is 11.3 Å². The largest absolute Gasteiger partial charge is 0.394 e. The molecule has 0 spiro atoms. The molecule has 2 rings (SSSR count). The Labute approximate surface area is 123 Å². The molecule has 0 saturated carbocycles. The van der Waals surface area contributed by atoms with Crippen molar-refractivity contribution in [1.82, 2.24) is 20.4 Å². The summed E-state index contributed by atoms with van der Waals surface area (Å²) in [5.74, 6) is 0. The molecule has 0 saturated heterocycles. The van der Waals surface area contributed by atoms with Gasteiger partial charge in [0.2, 0.25) is 0 Å². The first kappa shape index (κ1) is 15.1. The van der Waals surface area contributed by atoms with E-state index < -0.39 is 0 Å². The number of rotatable bonds is 6. The molecule has 0 radical (unpaired) electrons. The van der Waals surface area contributed by atoms with Crippen LogP contribution >= 0.6 is 0 Å². The van der Waals surface area contributed by atoms with Gasteiger partial charge >= 0.3 is 6.03 Å². The van der Waals surface area contributed by atoms with E-state index in [4.69, 9.17) is 5.11 Å². The zero-order valence-corrected chi connectivity index (χ0v) is 12.0. The van der Waals surface area contributed by atoms with Crippen LogP contribution in [0.1, 0.15) is 12.5 Å². The monoisotopic (exact) mass is 288 g/mol. The van der Waals surface area contributed by atoms with E-state index in [9.17, 15) is 4.79 Å². The Morgan fingerprint density at radius 3 is 2.86 bits per heavy atom. The molecule has 2 aromatic rings. The lowest BCUT2D eigenvalue weighted by molar-refractivity contribution is 0.220. The molecule has 0 aliphatic carbocycles. The van der Waals surface area contributed by atoms with E-state index in [2.05, 4.69) is 15.7 Å². The van der Waals surface area contributed by atoms with Crippen LogP contribution in [0.5, 0.6) is 0 Å². The fourth-order valence-corrected chi connectivity index (χ4v) is 1.85. The van der Waals surface area contributed by atoms with E-state index in [1.54, 1.807) is 13.1 Å². The third-order valence-electron chi connectivity index (χ3n) is 3.01. The van der Waals surface area contributed by atoms with Gasteiger partial charge in [-0.05, 0) is 31.0 Å². The summed E-state index contributed by atoms with van der Waals surface area (Å²) in [6.45, 7) is 2.19. The first-order valence-electron chi connectivity index (χ1n) is 6.93. The van der Waals surface area contributed by atoms with Crippen molar-refractivity contribution in [2.45, 2.75) is 19.4 Å². The van der Waals surface area contributed by atoms with Crippen LogP contribution in [0.3, 0.4) is 0 Å². The number of hydrogen-bond donors (Lipinski definition) is 3. The lowest BCUT2D eigenvalue weighted by Gasteiger charge is -2.11. The Bertz CT molecular complexity index is 568. The number of carbonyl (C=O) groups is 1. The molecule has 1 aromatic carbocycles. The van der Waals surface area contributed by atoms with Crippen molar-refractivity contribution in [3.8, 4) is 5.69 Å². The van der Waals surface area contributed by atoms with Crippen molar-refractivity contribution in [3.05, 3.63) is 48.3 Å². The van der Waals surface area contributed by atoms with Gasteiger partial charge in [-0.15, -0.1) is 0 Å². The summed E-state index contributed by atoms with van der Waals surface area (Å²) in [6, 6.07) is 9.34. The standard InChI is InChI=1S/C15H20N4O2/c1-12(11-20)18-15(21)16-8-7-13-9-17-19(10-13)14-5-3-2-4-6-14/h2-6,9-10,12,20H,7-8,11H2,1H3,(H2,16,18,21). The van der Waals surface area contributed by atoms with Crippen molar-refractivity contribution in [3.63, 3.8) is 0 Å². The van der Waals surface area contributed by atoms with Crippen LogP contribution in [0, 0.1) is 0 Å². The molecule has 21 heavy (non-hydrogen) atoms. The topological polar surface area (TPSA) is 79.2 Å². The van der Waals surface area contributed by atoms with Gasteiger partial charge in [-0.2, -0.15) is 5.10 Å². The zero-order valence-electron chi connectivity index (χ0n) is 12.0. The molecular weight excluding hydrogens is 268 g/mol. The van der Waals surface area contributed by atoms with Gasteiger partial charge in [0.1, 0.15) is 0 Å². The molecule has 3 N–H and O–H groups in total. The van der Waals surface area contributed by atoms with Crippen molar-refractivity contribution < 1.29 is 9.90 Å². The number of nitrogens with zero attached hydrogens (tertiary/aromatic N) is 2. The normalized spacial score (nSPS) is 11.9. The van der Waals surface area contributed by atoms with E-state index >= 15 is 0 Å². The predicted octanol–water partition coefficient (Wildman–Crippen LogP) is 1.09. The number of aliphatic hydroxyl groups is 1. The number of nitrogens with one attached hydrogen (secondary N) is 2. The zero-order chi connectivity index (χ0) is 15.1. The Morgan fingerprint density at radius 1 is 1.38 bits per heavy atom. The Morgan fingerprint density at radius 2 is 2.14 bits per heavy atom. The van der Waals surface area contributed by atoms with Crippen LogP contribution in [-0.4, -0.2) is 40.1 Å². The van der Waals surface area contributed by atoms with Gasteiger partial charge in [-0.1, -0.05) is 18.2 Å². The van der Waals surface area contributed by atoms with Crippen LogP contribution in [0.15, 0.2) is 42.7 Å². The second-order valence-corrected chi connectivity index (χ2v) is 4.86. The molecule has 1 atom stereocenters. The number of benzene rings is 1. The first-order valence-corrected chi connectivity index (χ1v) is 6.93. The Balaban J connectivity index is 1.80. The summed E-state index contributed by atoms with van der Waals surface area (Å²) >= 11 is 0. The maximum atomic E-state index is 11.5. The molecule has 0 bridgehead atoms. The number of aliphatic hydroxyl groups excluding tert-OH is 1. The number of hydrogen-bond acceptors (Lipinski definition) is 3. The Kier molecular flexibility index (Phi) is 5.34. The summed E-state index contributed by atoms with van der Waals surface area (Å²) in [7, 11) is 0. The average Bonchev–Trinajstić information content (AvgIpc) is 2.97. The van der Waals surface area contributed by atoms with Gasteiger partial charge in [-0.25, -0.2) is 9.48 Å². The minimum Gasteiger partial charge on any atom is -0.394 e. The molecule has 6 heteroatoms. The minimum absolute atomic E-state index is 0.0722. The second kappa shape index (κ2) is 7.44. The first-order chi connectivity index (χ1) is 10.2. The summed E-state index contributed by atoms with van der Waals surface area (Å²) in [5.41, 5.74) is 2.06. The van der Waals surface area contributed by atoms with E-state index in [0.29, 0.717) is 13.0 Å². The number of aromatic nitrogens is 2. The number of urea groups is 1. The molecular formula is C15H20N4O2. The lowest BCUT2D eigenvalue weighted by atomic mass is 10.2. The van der Waals surface area contributed by atoms with Gasteiger partial charge < -0.3 is 15.7 Å². The fourth-order valence-electron chi connectivity index (χ4n) is 1.85. The van der Waals surface area contributed by atoms with Gasteiger partial charge in [0.05, 0.1) is 24.5 Å². The smallest absolute Gasteiger partial charge is 0.315 e. The number of amides is 2. The highest BCUT2D eigenvalue weighted by molar-refractivity contribution is 5.74. The molecule has 0 aliphatic heterocycles. The second-order valence-electron chi connectivity index (χ2n) is 4.86. The summed E-state index contributed by atoms with van der Waals surface area (Å²) in [4.78, 5) is 11.5. The quantitative estimate of drug-likeness (QED) is 0.744. The maximum absolute atomic E-state index is 11.5. The third-order valence-corrected chi connectivity index (χ3v) is 3.01. The van der Waals surface area contributed by atoms with Crippen LogP contribution in [-0.2, 0) is 6.42 Å². The highest BCUT2D eigenvalue weighted by atomic mass is 16.3. The highest BCUT2D eigenvalue weighted by Crippen LogP contribution is 2.07. The third kappa shape index (κ3) is 4.61. The molecule has 6 nitrogen and oxygen atoms in total. The van der Waals surface area contributed by atoms with Gasteiger partial charge in [0.15, 0.2) is 0 Å². The molecule has 1 heterocycles. The van der Waals surface area contributed by atoms with Crippen LogP contribution in [0.2, 0.25) is 0 Å². The van der Waals surface area contributed by atoms with Crippen molar-refractivity contribution in [2.75, 3.05) is 13.2 Å². The lowest BCUT2D eigenvalue weighted by Crippen LogP contribution is -2.42. The SMILES string of the molecule is CC(CO)NC(=O)NCCc1cnn(-c2ccccc2)c1. The molecule has 112 valence electrons. The molecule has 2 amide bonds. The highest BCUT2D eigenvalue weighted by Gasteiger charge is 2.05. The fraction of sp³-hybridized carbons (Fsp3) is 0.333. The van der Waals surface area contributed by atoms with Gasteiger partial charge in [-0.3, -0.25) is 0 Å². The number of para-hydroxylation sites is 1. The summed E-state index contributed by atoms with van der Waals surface area (Å²) in [5, 5.41) is 18.5. The molecule has 1 unspecified atom stereocenters. The molecule has 0 aliphatic rings. The van der Waals surface area contributed by atoms with Crippen LogP contribution < -0.4 is 10.6 Å². The maximum Gasteiger partial charge on any atom is 0.315 e. The van der Waals surface area contributed by atoms with E-state index in [-0.39, 0.29) is 18.7 Å². The summed E-state index contributed by atoms with van der Waals surface area (Å²) in [6.07, 6.45) is 4.45. The number of carbonyl (C=O) groups excluding carboxylic acids is 1. The summed E-state index contributed by atoms with van der Waals surface area (Å²) < 4.78 is 1.81. The van der Waals surface area contributed by atoms with E-state index in [1.165, 1.54) is 0 Å². The molecule has 0 fully saturated rings. The van der Waals surface area contributed by atoms with E-state index in [1.807, 2.05) is 41.2 Å². The van der Waals surface area contributed by atoms with Gasteiger partial charge in [0.25, 0.3) is 0 Å². The molecule has 1 aromatic heterocycles. The van der Waals surface area contributed by atoms with Crippen molar-refractivity contribution in [2.24, 2.45) is 0 Å². The predicted molar refractivity (Wildman–Crippen MR) is 80.4 cm³/mol. The van der Waals surface area contributed by atoms with Crippen LogP contribution in [0.25, 0.3) is 5.69 Å². The van der Waals surface area contributed by atoms with Crippen LogP contribution in [0.4, 0.5) is 4.79 Å². The van der Waals surface area contributed by atoms with Crippen molar-refractivity contribution in [1.29, 1.82) is 0 Å². The van der Waals surface area contributed by atoms with Crippen molar-refractivity contribution >= 4 is 6.03 Å². The van der Waals surface area contributed by atoms with Gasteiger partial charge in [0, 0.05) is 12.7 Å². The minimum atomic E-state index is -0.271. The average molecular weight is 288 g/mol.